The summed E-state index contributed by atoms with van der Waals surface area (Å²) < 4.78 is 5.61. The molecule has 0 aliphatic rings. The molecule has 0 spiro atoms. The molecule has 0 bridgehead atoms. The molecule has 1 aromatic heterocycles. The first kappa shape index (κ1) is 18.9. The number of rotatable bonds is 6. The molecule has 3 aromatic carbocycles. The Hall–Kier alpha value is -3.46. The van der Waals surface area contributed by atoms with Crippen molar-refractivity contribution in [3.8, 4) is 5.75 Å². The predicted molar refractivity (Wildman–Crippen MR) is 124 cm³/mol. The zero-order valence-electron chi connectivity index (χ0n) is 17.2. The third kappa shape index (κ3) is 3.52. The summed E-state index contributed by atoms with van der Waals surface area (Å²) in [5, 5.41) is 2.46. The van der Waals surface area contributed by atoms with E-state index in [4.69, 9.17) is 4.74 Å². The lowest BCUT2D eigenvalue weighted by atomic mass is 10.1. The van der Waals surface area contributed by atoms with Gasteiger partial charge in [0.1, 0.15) is 5.75 Å². The number of aromatic amines is 1. The molecule has 0 atom stereocenters. The number of ether oxygens (including phenoxy) is 1. The number of fused-ring (bicyclic) bond motifs is 3. The van der Waals surface area contributed by atoms with E-state index in [0.717, 1.165) is 33.9 Å². The molecule has 1 heterocycles. The van der Waals surface area contributed by atoms with Crippen molar-refractivity contribution in [2.24, 2.45) is 0 Å². The second kappa shape index (κ2) is 7.88. The quantitative estimate of drug-likeness (QED) is 0.356. The van der Waals surface area contributed by atoms with Gasteiger partial charge in [-0.2, -0.15) is 0 Å². The SMILES string of the molecule is C=C/C(=C\C)N(c1ccc(OCC)cc1)c1ccc2[nH]c3ccc(C)cc3c2c1. The van der Waals surface area contributed by atoms with Gasteiger partial charge >= 0.3 is 0 Å². The Balaban J connectivity index is 1.87. The van der Waals surface area contributed by atoms with Crippen molar-refractivity contribution in [1.29, 1.82) is 0 Å². The van der Waals surface area contributed by atoms with Gasteiger partial charge in [0.25, 0.3) is 0 Å². The molecule has 4 aromatic rings. The van der Waals surface area contributed by atoms with Crippen LogP contribution in [0.25, 0.3) is 21.8 Å². The highest BCUT2D eigenvalue weighted by Crippen LogP contribution is 2.35. The van der Waals surface area contributed by atoms with Crippen molar-refractivity contribution >= 4 is 33.2 Å². The van der Waals surface area contributed by atoms with Crippen LogP contribution in [0.5, 0.6) is 5.75 Å². The average Bonchev–Trinajstić information content (AvgIpc) is 3.10. The van der Waals surface area contributed by atoms with Crippen LogP contribution in [-0.2, 0) is 0 Å². The van der Waals surface area contributed by atoms with Gasteiger partial charge in [0.2, 0.25) is 0 Å². The lowest BCUT2D eigenvalue weighted by molar-refractivity contribution is 0.340. The van der Waals surface area contributed by atoms with E-state index in [2.05, 4.69) is 78.0 Å². The maximum atomic E-state index is 5.61. The molecule has 0 unspecified atom stereocenters. The molecule has 29 heavy (non-hydrogen) atoms. The lowest BCUT2D eigenvalue weighted by Gasteiger charge is -2.26. The minimum atomic E-state index is 0.659. The fourth-order valence-corrected chi connectivity index (χ4v) is 3.78. The Morgan fingerprint density at radius 1 is 0.966 bits per heavy atom. The molecule has 0 aliphatic carbocycles. The molecule has 1 N–H and O–H groups in total. The minimum absolute atomic E-state index is 0.659. The summed E-state index contributed by atoms with van der Waals surface area (Å²) in [6, 6.07) is 21.3. The number of nitrogens with zero attached hydrogens (tertiary/aromatic N) is 1. The first-order valence-electron chi connectivity index (χ1n) is 9.98. The van der Waals surface area contributed by atoms with Gasteiger partial charge in [-0.15, -0.1) is 0 Å². The van der Waals surface area contributed by atoms with Crippen molar-refractivity contribution in [3.63, 3.8) is 0 Å². The summed E-state index contributed by atoms with van der Waals surface area (Å²) in [6.07, 6.45) is 3.97. The van der Waals surface area contributed by atoms with Crippen LogP contribution in [0.3, 0.4) is 0 Å². The summed E-state index contributed by atoms with van der Waals surface area (Å²) in [6.45, 7) is 10.8. The smallest absolute Gasteiger partial charge is 0.119 e. The summed E-state index contributed by atoms with van der Waals surface area (Å²) in [5.41, 5.74) is 6.75. The Labute approximate surface area is 171 Å². The number of nitrogens with one attached hydrogen (secondary N) is 1. The van der Waals surface area contributed by atoms with E-state index in [1.54, 1.807) is 0 Å². The number of hydrogen-bond donors (Lipinski definition) is 1. The van der Waals surface area contributed by atoms with E-state index in [1.807, 2.05) is 32.1 Å². The molecule has 3 nitrogen and oxygen atoms in total. The maximum Gasteiger partial charge on any atom is 0.119 e. The Kier molecular flexibility index (Phi) is 5.13. The summed E-state index contributed by atoms with van der Waals surface area (Å²) in [7, 11) is 0. The molecule has 0 radical (unpaired) electrons. The molecule has 0 amide bonds. The summed E-state index contributed by atoms with van der Waals surface area (Å²) >= 11 is 0. The number of benzene rings is 3. The van der Waals surface area contributed by atoms with Gasteiger partial charge in [0.05, 0.1) is 6.61 Å². The highest BCUT2D eigenvalue weighted by Gasteiger charge is 2.14. The Bertz CT molecular complexity index is 1200. The van der Waals surface area contributed by atoms with Crippen LogP contribution in [0.15, 0.2) is 85.1 Å². The van der Waals surface area contributed by atoms with E-state index in [9.17, 15) is 0 Å². The third-order valence-corrected chi connectivity index (χ3v) is 5.16. The van der Waals surface area contributed by atoms with Crippen LogP contribution < -0.4 is 9.64 Å². The van der Waals surface area contributed by atoms with E-state index in [1.165, 1.54) is 16.3 Å². The number of aromatic nitrogens is 1. The van der Waals surface area contributed by atoms with E-state index >= 15 is 0 Å². The molecule has 0 saturated heterocycles. The van der Waals surface area contributed by atoms with Gasteiger partial charge in [-0.05, 0) is 81.4 Å². The molecule has 4 rings (SSSR count). The monoisotopic (exact) mass is 382 g/mol. The highest BCUT2D eigenvalue weighted by atomic mass is 16.5. The van der Waals surface area contributed by atoms with Crippen LogP contribution in [0.4, 0.5) is 11.4 Å². The van der Waals surface area contributed by atoms with E-state index in [-0.39, 0.29) is 0 Å². The number of hydrogen-bond acceptors (Lipinski definition) is 2. The predicted octanol–water partition coefficient (Wildman–Crippen LogP) is 7.26. The standard InChI is InChI=1S/C26H26N2O/c1-5-19(6-2)28(20-9-12-22(13-10-20)29-7-3)21-11-15-26-24(17-21)23-16-18(4)8-14-25(23)27-26/h5-6,8-17,27H,1,7H2,2-4H3/b19-6+. The van der Waals surface area contributed by atoms with Gasteiger partial charge in [0.15, 0.2) is 0 Å². The number of anilines is 2. The van der Waals surface area contributed by atoms with Crippen LogP contribution >= 0.6 is 0 Å². The van der Waals surface area contributed by atoms with Gasteiger partial charge in [0, 0.05) is 38.9 Å². The minimum Gasteiger partial charge on any atom is -0.494 e. The van der Waals surface area contributed by atoms with Gasteiger partial charge in [-0.25, -0.2) is 0 Å². The van der Waals surface area contributed by atoms with Crippen LogP contribution in [0.2, 0.25) is 0 Å². The fraction of sp³-hybridized carbons (Fsp3) is 0.154. The lowest BCUT2D eigenvalue weighted by Crippen LogP contribution is -2.14. The van der Waals surface area contributed by atoms with E-state index < -0.39 is 0 Å². The van der Waals surface area contributed by atoms with Crippen molar-refractivity contribution in [1.82, 2.24) is 4.98 Å². The summed E-state index contributed by atoms with van der Waals surface area (Å²) in [4.78, 5) is 5.74. The van der Waals surface area contributed by atoms with Crippen molar-refractivity contribution in [2.45, 2.75) is 20.8 Å². The molecule has 0 saturated carbocycles. The zero-order chi connectivity index (χ0) is 20.4. The molecular weight excluding hydrogens is 356 g/mol. The summed E-state index contributed by atoms with van der Waals surface area (Å²) in [5.74, 6) is 0.874. The first-order chi connectivity index (χ1) is 14.1. The van der Waals surface area contributed by atoms with Crippen LogP contribution in [0.1, 0.15) is 19.4 Å². The average molecular weight is 383 g/mol. The Morgan fingerprint density at radius 2 is 1.62 bits per heavy atom. The Morgan fingerprint density at radius 3 is 2.28 bits per heavy atom. The normalized spacial score (nSPS) is 11.8. The van der Waals surface area contributed by atoms with Crippen LogP contribution in [0, 0.1) is 6.92 Å². The highest BCUT2D eigenvalue weighted by molar-refractivity contribution is 6.08. The van der Waals surface area contributed by atoms with E-state index in [0.29, 0.717) is 6.61 Å². The van der Waals surface area contributed by atoms with Gasteiger partial charge in [-0.3, -0.25) is 0 Å². The zero-order valence-corrected chi connectivity index (χ0v) is 17.2. The molecule has 0 aliphatic heterocycles. The third-order valence-electron chi connectivity index (χ3n) is 5.16. The van der Waals surface area contributed by atoms with Crippen molar-refractivity contribution < 1.29 is 4.74 Å². The topological polar surface area (TPSA) is 28.3 Å². The number of H-pyrrole nitrogens is 1. The molecule has 146 valence electrons. The van der Waals surface area contributed by atoms with Crippen molar-refractivity contribution in [3.05, 3.63) is 90.7 Å². The molecule has 3 heteroatoms. The first-order valence-corrected chi connectivity index (χ1v) is 9.98. The maximum absolute atomic E-state index is 5.61. The van der Waals surface area contributed by atoms with Gasteiger partial charge in [-0.1, -0.05) is 24.3 Å². The molecular formula is C26H26N2O. The van der Waals surface area contributed by atoms with Crippen LogP contribution in [-0.4, -0.2) is 11.6 Å². The van der Waals surface area contributed by atoms with Gasteiger partial charge < -0.3 is 14.6 Å². The second-order valence-electron chi connectivity index (χ2n) is 7.08. The number of aryl methyl sites for hydroxylation is 1. The molecule has 0 fully saturated rings. The number of allylic oxidation sites excluding steroid dienone is 2. The fourth-order valence-electron chi connectivity index (χ4n) is 3.78. The second-order valence-corrected chi connectivity index (χ2v) is 7.08. The largest absolute Gasteiger partial charge is 0.494 e. The van der Waals surface area contributed by atoms with Crippen molar-refractivity contribution in [2.75, 3.05) is 11.5 Å².